The number of carbonyl (C=O) groups is 1. The van der Waals surface area contributed by atoms with Crippen LogP contribution in [0.1, 0.15) is 51.6 Å². The summed E-state index contributed by atoms with van der Waals surface area (Å²) in [5.41, 5.74) is 0.682. The Balaban J connectivity index is 1.75. The van der Waals surface area contributed by atoms with Crippen molar-refractivity contribution in [1.29, 1.82) is 0 Å². The van der Waals surface area contributed by atoms with Gasteiger partial charge < -0.3 is 9.51 Å². The van der Waals surface area contributed by atoms with Crippen molar-refractivity contribution in [2.24, 2.45) is 0 Å². The van der Waals surface area contributed by atoms with E-state index in [1.165, 1.54) is 13.8 Å². The van der Waals surface area contributed by atoms with Gasteiger partial charge in [0.2, 0.25) is 23.4 Å². The molecule has 0 atom stereocenters. The molecule has 0 saturated heterocycles. The van der Waals surface area contributed by atoms with Crippen molar-refractivity contribution in [3.05, 3.63) is 11.8 Å². The van der Waals surface area contributed by atoms with Gasteiger partial charge in [0, 0.05) is 6.07 Å². The van der Waals surface area contributed by atoms with Crippen LogP contribution in [0.4, 0.5) is 5.95 Å². The molecule has 1 aliphatic carbocycles. The highest BCUT2D eigenvalue weighted by atomic mass is 32.2. The van der Waals surface area contributed by atoms with Crippen LogP contribution < -0.4 is 5.32 Å². The van der Waals surface area contributed by atoms with E-state index in [1.807, 2.05) is 0 Å². The minimum atomic E-state index is -3.63. The van der Waals surface area contributed by atoms with Crippen molar-refractivity contribution in [3.8, 4) is 11.6 Å². The summed E-state index contributed by atoms with van der Waals surface area (Å²) in [6.07, 6.45) is 4.01. The third kappa shape index (κ3) is 3.37. The number of hydrogen-bond acceptors (Lipinski definition) is 7. The van der Waals surface area contributed by atoms with Gasteiger partial charge in [0.15, 0.2) is 9.84 Å². The molecule has 3 rings (SSSR count). The molecule has 0 aliphatic heterocycles. The van der Waals surface area contributed by atoms with E-state index in [-0.39, 0.29) is 5.95 Å². The van der Waals surface area contributed by atoms with Crippen molar-refractivity contribution in [2.75, 3.05) is 5.32 Å². The van der Waals surface area contributed by atoms with E-state index < -0.39 is 25.7 Å². The summed E-state index contributed by atoms with van der Waals surface area (Å²) in [4.78, 5) is 15.5. The van der Waals surface area contributed by atoms with Gasteiger partial charge >= 0.3 is 0 Å². The lowest BCUT2D eigenvalue weighted by Gasteiger charge is -2.30. The molecule has 0 unspecified atom stereocenters. The van der Waals surface area contributed by atoms with Crippen LogP contribution in [0, 0.1) is 6.92 Å². The second kappa shape index (κ2) is 6.82. The van der Waals surface area contributed by atoms with E-state index in [1.54, 1.807) is 13.0 Å². The van der Waals surface area contributed by atoms with Crippen LogP contribution in [-0.4, -0.2) is 44.7 Å². The largest absolute Gasteiger partial charge is 0.353 e. The highest BCUT2D eigenvalue weighted by molar-refractivity contribution is 7.94. The number of nitrogens with one attached hydrogen (secondary N) is 2. The van der Waals surface area contributed by atoms with E-state index in [0.29, 0.717) is 30.1 Å². The van der Waals surface area contributed by atoms with Crippen LogP contribution in [0.5, 0.6) is 0 Å². The first kappa shape index (κ1) is 18.6. The number of H-pyrrole nitrogens is 1. The summed E-state index contributed by atoms with van der Waals surface area (Å²) < 4.78 is 29.4. The van der Waals surface area contributed by atoms with Gasteiger partial charge in [0.05, 0.1) is 10.9 Å². The van der Waals surface area contributed by atoms with Crippen LogP contribution in [0.2, 0.25) is 0 Å². The van der Waals surface area contributed by atoms with Crippen LogP contribution in [0.3, 0.4) is 0 Å². The Morgan fingerprint density at radius 1 is 1.27 bits per heavy atom. The molecule has 9 nitrogen and oxygen atoms in total. The Hall–Kier alpha value is -2.23. The average Bonchev–Trinajstić information content (AvgIpc) is 3.24. The molecule has 142 valence electrons. The van der Waals surface area contributed by atoms with Crippen molar-refractivity contribution < 1.29 is 17.7 Å². The minimum absolute atomic E-state index is 0.0611. The molecule has 2 heterocycles. The fraction of sp³-hybridized carbons (Fsp3) is 0.625. The van der Waals surface area contributed by atoms with Crippen molar-refractivity contribution in [3.63, 3.8) is 0 Å². The number of aromatic amines is 1. The first-order valence-electron chi connectivity index (χ1n) is 8.63. The number of carbonyl (C=O) groups excluding carboxylic acids is 1. The second-order valence-corrected chi connectivity index (χ2v) is 9.90. The first-order valence-corrected chi connectivity index (χ1v) is 10.2. The summed E-state index contributed by atoms with van der Waals surface area (Å²) >= 11 is 0. The predicted molar refractivity (Wildman–Crippen MR) is 95.1 cm³/mol. The Labute approximate surface area is 151 Å². The summed E-state index contributed by atoms with van der Waals surface area (Å²) in [6.45, 7) is 4.64. The lowest BCUT2D eigenvalue weighted by Crippen LogP contribution is -2.49. The van der Waals surface area contributed by atoms with Crippen molar-refractivity contribution >= 4 is 21.7 Å². The number of sulfone groups is 1. The molecule has 1 aliphatic rings. The number of rotatable bonds is 5. The molecular formula is C16H23N5O4S. The number of aromatic nitrogens is 4. The van der Waals surface area contributed by atoms with Crippen LogP contribution >= 0.6 is 0 Å². The normalized spacial score (nSPS) is 16.6. The number of nitrogens with zero attached hydrogens (tertiary/aromatic N) is 3. The van der Waals surface area contributed by atoms with E-state index in [0.717, 1.165) is 19.3 Å². The standard InChI is InChI=1S/C16H23N5O4S/c1-10-9-12(25-21-10)13-17-15(20-19-13)18-14(22)16(2,3)26(23,24)11-7-5-4-6-8-11/h9,11H,4-8H2,1-3H3,(H2,17,18,19,20,22). The molecule has 1 saturated carbocycles. The lowest BCUT2D eigenvalue weighted by molar-refractivity contribution is -0.117. The fourth-order valence-electron chi connectivity index (χ4n) is 3.08. The van der Waals surface area contributed by atoms with Gasteiger partial charge in [-0.05, 0) is 33.6 Å². The third-order valence-electron chi connectivity index (χ3n) is 4.83. The highest BCUT2D eigenvalue weighted by Gasteiger charge is 2.46. The van der Waals surface area contributed by atoms with Crippen LogP contribution in [0.25, 0.3) is 11.6 Å². The molecule has 0 aromatic carbocycles. The SMILES string of the molecule is Cc1cc(-c2nnc(NC(=O)C(C)(C)S(=O)(=O)C3CCCCC3)[nH]2)on1. The van der Waals surface area contributed by atoms with Gasteiger partial charge in [-0.3, -0.25) is 10.1 Å². The van der Waals surface area contributed by atoms with E-state index in [4.69, 9.17) is 4.52 Å². The quantitative estimate of drug-likeness (QED) is 0.812. The van der Waals surface area contributed by atoms with Crippen LogP contribution in [0.15, 0.2) is 10.6 Å². The van der Waals surface area contributed by atoms with Crippen molar-refractivity contribution in [1.82, 2.24) is 20.3 Å². The van der Waals surface area contributed by atoms with Gasteiger partial charge in [-0.1, -0.05) is 24.4 Å². The van der Waals surface area contributed by atoms with Crippen molar-refractivity contribution in [2.45, 2.75) is 62.9 Å². The van der Waals surface area contributed by atoms with Gasteiger partial charge in [-0.15, -0.1) is 10.2 Å². The van der Waals surface area contributed by atoms with Gasteiger partial charge in [0.1, 0.15) is 4.75 Å². The van der Waals surface area contributed by atoms with E-state index >= 15 is 0 Å². The molecule has 0 spiro atoms. The summed E-state index contributed by atoms with van der Waals surface area (Å²) in [5, 5.41) is 13.5. The summed E-state index contributed by atoms with van der Waals surface area (Å²) in [7, 11) is -3.63. The summed E-state index contributed by atoms with van der Waals surface area (Å²) in [5.74, 6) is 0.101. The Bertz CT molecular complexity index is 893. The zero-order valence-corrected chi connectivity index (χ0v) is 15.9. The molecule has 2 N–H and O–H groups in total. The predicted octanol–water partition coefficient (Wildman–Crippen LogP) is 2.23. The number of hydrogen-bond donors (Lipinski definition) is 2. The maximum absolute atomic E-state index is 12.9. The Kier molecular flexibility index (Phi) is 4.87. The molecule has 1 fully saturated rings. The zero-order valence-electron chi connectivity index (χ0n) is 15.1. The second-order valence-electron chi connectivity index (χ2n) is 7.12. The van der Waals surface area contributed by atoms with E-state index in [9.17, 15) is 13.2 Å². The van der Waals surface area contributed by atoms with Gasteiger partial charge in [0.25, 0.3) is 0 Å². The monoisotopic (exact) mass is 381 g/mol. The molecule has 2 aromatic rings. The third-order valence-corrected chi connectivity index (χ3v) is 7.79. The smallest absolute Gasteiger partial charge is 0.247 e. The maximum atomic E-state index is 12.9. The minimum Gasteiger partial charge on any atom is -0.353 e. The Morgan fingerprint density at radius 3 is 2.58 bits per heavy atom. The molecule has 0 bridgehead atoms. The Morgan fingerprint density at radius 2 is 1.96 bits per heavy atom. The maximum Gasteiger partial charge on any atom is 0.247 e. The molecule has 10 heteroatoms. The molecule has 0 radical (unpaired) electrons. The average molecular weight is 381 g/mol. The highest BCUT2D eigenvalue weighted by Crippen LogP contribution is 2.32. The number of amides is 1. The number of anilines is 1. The van der Waals surface area contributed by atoms with Crippen LogP contribution in [-0.2, 0) is 14.6 Å². The molecular weight excluding hydrogens is 358 g/mol. The van der Waals surface area contributed by atoms with E-state index in [2.05, 4.69) is 25.7 Å². The fourth-order valence-corrected chi connectivity index (χ4v) is 5.18. The first-order chi connectivity index (χ1) is 12.2. The number of aryl methyl sites for hydroxylation is 1. The summed E-state index contributed by atoms with van der Waals surface area (Å²) in [6, 6.07) is 1.67. The van der Waals surface area contributed by atoms with Gasteiger partial charge in [-0.2, -0.15) is 0 Å². The van der Waals surface area contributed by atoms with Gasteiger partial charge in [-0.25, -0.2) is 8.42 Å². The molecule has 26 heavy (non-hydrogen) atoms. The zero-order chi connectivity index (χ0) is 18.9. The molecule has 2 aromatic heterocycles. The topological polar surface area (TPSA) is 131 Å². The lowest BCUT2D eigenvalue weighted by atomic mass is 10.0. The molecule has 1 amide bonds.